The quantitative estimate of drug-likeness (QED) is 0.849. The van der Waals surface area contributed by atoms with Crippen LogP contribution in [0.15, 0.2) is 18.3 Å². The Kier molecular flexibility index (Phi) is 4.10. The van der Waals surface area contributed by atoms with Crippen LogP contribution in [-0.4, -0.2) is 60.0 Å². The molecule has 2 atom stereocenters. The van der Waals surface area contributed by atoms with Gasteiger partial charge in [-0.05, 0) is 38.8 Å². The Balaban J connectivity index is 1.79. The second-order valence-electron chi connectivity index (χ2n) is 6.01. The minimum absolute atomic E-state index is 0.114. The summed E-state index contributed by atoms with van der Waals surface area (Å²) in [6.07, 6.45) is 3.99. The van der Waals surface area contributed by atoms with E-state index in [2.05, 4.69) is 21.8 Å². The van der Waals surface area contributed by atoms with Crippen LogP contribution in [0.25, 0.3) is 0 Å². The van der Waals surface area contributed by atoms with Crippen molar-refractivity contribution < 1.29 is 9.53 Å². The van der Waals surface area contributed by atoms with E-state index in [9.17, 15) is 4.79 Å². The second-order valence-corrected chi connectivity index (χ2v) is 6.01. The van der Waals surface area contributed by atoms with Gasteiger partial charge >= 0.3 is 0 Å². The fraction of sp³-hybridized carbons (Fsp3) is 0.625. The van der Waals surface area contributed by atoms with E-state index in [1.807, 2.05) is 6.92 Å². The lowest BCUT2D eigenvalue weighted by Crippen LogP contribution is -2.48. The third-order valence-electron chi connectivity index (χ3n) is 4.50. The molecule has 0 N–H and O–H groups in total. The number of aromatic nitrogens is 1. The molecule has 1 aromatic rings. The van der Waals surface area contributed by atoms with Gasteiger partial charge in [0.25, 0.3) is 5.91 Å². The Labute approximate surface area is 125 Å². The Hall–Kier alpha value is -1.62. The van der Waals surface area contributed by atoms with Gasteiger partial charge < -0.3 is 14.5 Å². The number of rotatable bonds is 3. The highest BCUT2D eigenvalue weighted by atomic mass is 16.5. The summed E-state index contributed by atoms with van der Waals surface area (Å²) in [5.74, 6) is 1.27. The van der Waals surface area contributed by atoms with Gasteiger partial charge in [0.2, 0.25) is 5.88 Å². The maximum atomic E-state index is 12.8. The first-order chi connectivity index (χ1) is 10.2. The molecule has 2 aliphatic heterocycles. The molecule has 0 spiro atoms. The summed E-state index contributed by atoms with van der Waals surface area (Å²) in [5, 5.41) is 0. The Bertz CT molecular complexity index is 520. The number of fused-ring (bicyclic) bond motifs is 1. The molecule has 3 rings (SSSR count). The van der Waals surface area contributed by atoms with Crippen molar-refractivity contribution in [2.24, 2.45) is 5.92 Å². The summed E-state index contributed by atoms with van der Waals surface area (Å²) in [4.78, 5) is 21.4. The van der Waals surface area contributed by atoms with Crippen molar-refractivity contribution in [3.8, 4) is 5.88 Å². The monoisotopic (exact) mass is 289 g/mol. The number of carbonyl (C=O) groups is 1. The van der Waals surface area contributed by atoms with Crippen LogP contribution in [-0.2, 0) is 0 Å². The highest BCUT2D eigenvalue weighted by molar-refractivity contribution is 5.94. The van der Waals surface area contributed by atoms with Gasteiger partial charge in [0.15, 0.2) is 0 Å². The molecule has 0 aliphatic carbocycles. The molecule has 2 fully saturated rings. The van der Waals surface area contributed by atoms with E-state index in [4.69, 9.17) is 4.74 Å². The number of likely N-dealkylation sites (N-methyl/N-ethyl adjacent to an activating group) is 1. The van der Waals surface area contributed by atoms with Gasteiger partial charge in [-0.15, -0.1) is 0 Å². The average molecular weight is 289 g/mol. The summed E-state index contributed by atoms with van der Waals surface area (Å²) in [7, 11) is 2.14. The SMILES string of the molecule is CCOc1cc(C(=O)N2CCC[C@H]3CN(C)C[C@H]32)ccn1. The molecule has 1 amide bonds. The van der Waals surface area contributed by atoms with Crippen LogP contribution in [0.4, 0.5) is 0 Å². The van der Waals surface area contributed by atoms with E-state index in [1.54, 1.807) is 18.3 Å². The zero-order valence-corrected chi connectivity index (χ0v) is 12.8. The minimum atomic E-state index is 0.114. The first kappa shape index (κ1) is 14.3. The van der Waals surface area contributed by atoms with E-state index < -0.39 is 0 Å². The molecule has 0 aromatic carbocycles. The second kappa shape index (κ2) is 6.02. The number of piperidine rings is 1. The van der Waals surface area contributed by atoms with Gasteiger partial charge in [-0.3, -0.25) is 4.79 Å². The maximum Gasteiger partial charge on any atom is 0.254 e. The normalized spacial score (nSPS) is 25.7. The molecule has 5 nitrogen and oxygen atoms in total. The molecule has 0 radical (unpaired) electrons. The predicted octanol–water partition coefficient (Wildman–Crippen LogP) is 1.65. The number of hydrogen-bond acceptors (Lipinski definition) is 4. The van der Waals surface area contributed by atoms with Crippen molar-refractivity contribution in [2.45, 2.75) is 25.8 Å². The third kappa shape index (κ3) is 2.88. The molecular formula is C16H23N3O2. The van der Waals surface area contributed by atoms with Crippen molar-refractivity contribution in [3.63, 3.8) is 0 Å². The lowest BCUT2D eigenvalue weighted by Gasteiger charge is -2.37. The molecular weight excluding hydrogens is 266 g/mol. The number of amides is 1. The molecule has 5 heteroatoms. The smallest absolute Gasteiger partial charge is 0.254 e. The van der Waals surface area contributed by atoms with Crippen molar-refractivity contribution >= 4 is 5.91 Å². The molecule has 0 bridgehead atoms. The first-order valence-corrected chi connectivity index (χ1v) is 7.77. The van der Waals surface area contributed by atoms with Crippen molar-refractivity contribution in [1.29, 1.82) is 0 Å². The van der Waals surface area contributed by atoms with Gasteiger partial charge in [0.1, 0.15) is 0 Å². The highest BCUT2D eigenvalue weighted by Crippen LogP contribution is 2.31. The van der Waals surface area contributed by atoms with Gasteiger partial charge in [-0.2, -0.15) is 0 Å². The number of pyridine rings is 1. The number of likely N-dealkylation sites (tertiary alicyclic amines) is 2. The van der Waals surface area contributed by atoms with Gasteiger partial charge in [-0.1, -0.05) is 0 Å². The van der Waals surface area contributed by atoms with E-state index in [-0.39, 0.29) is 5.91 Å². The van der Waals surface area contributed by atoms with E-state index in [0.717, 1.165) is 26.1 Å². The molecule has 0 unspecified atom stereocenters. The summed E-state index contributed by atoms with van der Waals surface area (Å²) in [6, 6.07) is 3.90. The van der Waals surface area contributed by atoms with Gasteiger partial charge in [0.05, 0.1) is 6.61 Å². The lowest BCUT2D eigenvalue weighted by molar-refractivity contribution is 0.0571. The number of hydrogen-bond donors (Lipinski definition) is 0. The molecule has 114 valence electrons. The van der Waals surface area contributed by atoms with Crippen molar-refractivity contribution in [2.75, 3.05) is 33.3 Å². The zero-order chi connectivity index (χ0) is 14.8. The van der Waals surface area contributed by atoms with E-state index >= 15 is 0 Å². The van der Waals surface area contributed by atoms with Crippen molar-refractivity contribution in [3.05, 3.63) is 23.9 Å². The van der Waals surface area contributed by atoms with Gasteiger partial charge in [0, 0.05) is 43.5 Å². The third-order valence-corrected chi connectivity index (χ3v) is 4.50. The zero-order valence-electron chi connectivity index (χ0n) is 12.8. The van der Waals surface area contributed by atoms with Crippen LogP contribution >= 0.6 is 0 Å². The van der Waals surface area contributed by atoms with E-state index in [0.29, 0.717) is 30.0 Å². The molecule has 0 saturated carbocycles. The Morgan fingerprint density at radius 2 is 2.33 bits per heavy atom. The fourth-order valence-electron chi connectivity index (χ4n) is 3.58. The molecule has 21 heavy (non-hydrogen) atoms. The number of nitrogens with zero attached hydrogens (tertiary/aromatic N) is 3. The van der Waals surface area contributed by atoms with Crippen LogP contribution in [0.2, 0.25) is 0 Å². The molecule has 3 heterocycles. The first-order valence-electron chi connectivity index (χ1n) is 7.77. The minimum Gasteiger partial charge on any atom is -0.478 e. The summed E-state index contributed by atoms with van der Waals surface area (Å²) < 4.78 is 5.40. The number of carbonyl (C=O) groups excluding carboxylic acids is 1. The van der Waals surface area contributed by atoms with E-state index in [1.165, 1.54) is 6.42 Å². The van der Waals surface area contributed by atoms with Gasteiger partial charge in [-0.25, -0.2) is 4.98 Å². The van der Waals surface area contributed by atoms with Crippen LogP contribution in [0.5, 0.6) is 5.88 Å². The molecule has 2 saturated heterocycles. The summed E-state index contributed by atoms with van der Waals surface area (Å²) >= 11 is 0. The average Bonchev–Trinajstić information content (AvgIpc) is 2.87. The Morgan fingerprint density at radius 1 is 1.48 bits per heavy atom. The fourth-order valence-corrected chi connectivity index (χ4v) is 3.58. The highest BCUT2D eigenvalue weighted by Gasteiger charge is 2.39. The van der Waals surface area contributed by atoms with Crippen molar-refractivity contribution in [1.82, 2.24) is 14.8 Å². The topological polar surface area (TPSA) is 45.7 Å². The number of ether oxygens (including phenoxy) is 1. The van der Waals surface area contributed by atoms with Crippen LogP contribution in [0, 0.1) is 5.92 Å². The molecule has 1 aromatic heterocycles. The maximum absolute atomic E-state index is 12.8. The largest absolute Gasteiger partial charge is 0.478 e. The van der Waals surface area contributed by atoms with Crippen LogP contribution in [0.3, 0.4) is 0 Å². The predicted molar refractivity (Wildman–Crippen MR) is 80.5 cm³/mol. The summed E-state index contributed by atoms with van der Waals surface area (Å²) in [6.45, 7) is 5.43. The standard InChI is InChI=1S/C16H23N3O2/c1-3-21-15-9-12(6-7-17-15)16(20)19-8-4-5-13-10-18(2)11-14(13)19/h6-7,9,13-14H,3-5,8,10-11H2,1-2H3/t13-,14+/m0/s1. The Morgan fingerprint density at radius 3 is 3.14 bits per heavy atom. The summed E-state index contributed by atoms with van der Waals surface area (Å²) in [5.41, 5.74) is 0.684. The molecule has 2 aliphatic rings. The van der Waals surface area contributed by atoms with Crippen LogP contribution < -0.4 is 4.74 Å². The van der Waals surface area contributed by atoms with Crippen LogP contribution in [0.1, 0.15) is 30.1 Å². The lowest BCUT2D eigenvalue weighted by atomic mass is 9.91.